The number of methoxy groups -OCH3 is 1. The van der Waals surface area contributed by atoms with Gasteiger partial charge < -0.3 is 15.0 Å². The van der Waals surface area contributed by atoms with E-state index >= 15 is 0 Å². The molecule has 0 aliphatic rings. The molecule has 0 heterocycles. The van der Waals surface area contributed by atoms with Gasteiger partial charge in [0.1, 0.15) is 11.8 Å². The number of carbonyl (C=O) groups excluding carboxylic acids is 2. The van der Waals surface area contributed by atoms with Gasteiger partial charge in [0, 0.05) is 32.5 Å². The highest BCUT2D eigenvalue weighted by Gasteiger charge is 2.30. The number of hydrogen-bond donors (Lipinski definition) is 1. The summed E-state index contributed by atoms with van der Waals surface area (Å²) in [5.74, 6) is 0.188. The van der Waals surface area contributed by atoms with Gasteiger partial charge in [-0.05, 0) is 55.7 Å². The highest BCUT2D eigenvalue weighted by atomic mass is 32.2. The highest BCUT2D eigenvalue weighted by molar-refractivity contribution is 7.92. The number of sulfonamides is 1. The predicted octanol–water partition coefficient (Wildman–Crippen LogP) is 4.33. The number of aryl methyl sites for hydroxylation is 1. The van der Waals surface area contributed by atoms with Crippen molar-refractivity contribution in [2.75, 3.05) is 30.8 Å². The normalized spacial score (nSPS) is 11.9. The Morgan fingerprint density at radius 3 is 2.15 bits per heavy atom. The van der Waals surface area contributed by atoms with Crippen molar-refractivity contribution < 1.29 is 22.7 Å². The van der Waals surface area contributed by atoms with Crippen LogP contribution in [-0.2, 0) is 32.6 Å². The molecule has 0 aliphatic heterocycles. The smallest absolute Gasteiger partial charge is 0.243 e. The van der Waals surface area contributed by atoms with Crippen LogP contribution >= 0.6 is 0 Å². The first-order valence-electron chi connectivity index (χ1n) is 13.4. The Morgan fingerprint density at radius 1 is 0.925 bits per heavy atom. The second kappa shape index (κ2) is 14.5. The molecule has 0 fully saturated rings. The Kier molecular flexibility index (Phi) is 11.1. The number of carbonyl (C=O) groups is 2. The average molecular weight is 566 g/mol. The van der Waals surface area contributed by atoms with Crippen LogP contribution in [0.1, 0.15) is 36.5 Å². The van der Waals surface area contributed by atoms with E-state index in [0.29, 0.717) is 24.4 Å². The van der Waals surface area contributed by atoms with E-state index in [2.05, 4.69) is 5.32 Å². The standard InChI is InChI=1S/C31H39N3O5S/c1-5-32-31(36)29(22-25-10-7-6-8-11-25)33(23-26-15-13-24(2)14-16-26)30(35)12-9-21-34(40(4,37)38)27-17-19-28(39-3)20-18-27/h6-8,10-11,13-20,29H,5,9,12,21-23H2,1-4H3,(H,32,36)/t29-/m1/s1. The van der Waals surface area contributed by atoms with Gasteiger partial charge in [0.2, 0.25) is 21.8 Å². The van der Waals surface area contributed by atoms with Gasteiger partial charge in [0.05, 0.1) is 19.1 Å². The van der Waals surface area contributed by atoms with Crippen LogP contribution in [0.2, 0.25) is 0 Å². The number of rotatable bonds is 14. The van der Waals surface area contributed by atoms with Crippen molar-refractivity contribution in [2.24, 2.45) is 0 Å². The quantitative estimate of drug-likeness (QED) is 0.314. The SMILES string of the molecule is CCNC(=O)[C@@H](Cc1ccccc1)N(Cc1ccc(C)cc1)C(=O)CCCN(c1ccc(OC)cc1)S(C)(=O)=O. The van der Waals surface area contributed by atoms with E-state index < -0.39 is 16.1 Å². The van der Waals surface area contributed by atoms with Crippen molar-refractivity contribution >= 4 is 27.5 Å². The van der Waals surface area contributed by atoms with E-state index in [4.69, 9.17) is 4.74 Å². The Bertz CT molecular complexity index is 1340. The van der Waals surface area contributed by atoms with Crippen molar-refractivity contribution in [1.82, 2.24) is 10.2 Å². The Hall–Kier alpha value is -3.85. The van der Waals surface area contributed by atoms with Gasteiger partial charge in [-0.2, -0.15) is 0 Å². The molecule has 0 saturated heterocycles. The third kappa shape index (κ3) is 8.84. The molecule has 3 aromatic rings. The first-order valence-corrected chi connectivity index (χ1v) is 15.3. The van der Waals surface area contributed by atoms with Gasteiger partial charge in [-0.1, -0.05) is 60.2 Å². The fourth-order valence-corrected chi connectivity index (χ4v) is 5.45. The van der Waals surface area contributed by atoms with Crippen molar-refractivity contribution in [3.05, 3.63) is 95.6 Å². The zero-order valence-corrected chi connectivity index (χ0v) is 24.5. The second-order valence-electron chi connectivity index (χ2n) is 9.74. The molecular formula is C31H39N3O5S. The maximum Gasteiger partial charge on any atom is 0.243 e. The van der Waals surface area contributed by atoms with Crippen LogP contribution in [0.15, 0.2) is 78.9 Å². The summed E-state index contributed by atoms with van der Waals surface area (Å²) >= 11 is 0. The summed E-state index contributed by atoms with van der Waals surface area (Å²) in [6.45, 7) is 4.68. The van der Waals surface area contributed by atoms with Crippen LogP contribution in [0.5, 0.6) is 5.75 Å². The third-order valence-corrected chi connectivity index (χ3v) is 7.80. The molecule has 40 heavy (non-hydrogen) atoms. The maximum atomic E-state index is 13.8. The minimum absolute atomic E-state index is 0.0821. The van der Waals surface area contributed by atoms with E-state index in [-0.39, 0.29) is 37.7 Å². The summed E-state index contributed by atoms with van der Waals surface area (Å²) in [7, 11) is -2.04. The van der Waals surface area contributed by atoms with Crippen LogP contribution in [-0.4, -0.2) is 57.6 Å². The van der Waals surface area contributed by atoms with Gasteiger partial charge in [0.25, 0.3) is 0 Å². The molecule has 3 rings (SSSR count). The number of ether oxygens (including phenoxy) is 1. The lowest BCUT2D eigenvalue weighted by molar-refractivity contribution is -0.141. The molecule has 0 unspecified atom stereocenters. The molecular weight excluding hydrogens is 526 g/mol. The summed E-state index contributed by atoms with van der Waals surface area (Å²) < 4.78 is 31.6. The maximum absolute atomic E-state index is 13.8. The third-order valence-electron chi connectivity index (χ3n) is 6.61. The average Bonchev–Trinajstić information content (AvgIpc) is 2.94. The molecule has 0 aromatic heterocycles. The minimum atomic E-state index is -3.58. The summed E-state index contributed by atoms with van der Waals surface area (Å²) in [5.41, 5.74) is 3.46. The molecule has 0 spiro atoms. The first kappa shape index (κ1) is 30.7. The highest BCUT2D eigenvalue weighted by Crippen LogP contribution is 2.23. The second-order valence-corrected chi connectivity index (χ2v) is 11.7. The molecule has 9 heteroatoms. The summed E-state index contributed by atoms with van der Waals surface area (Å²) in [6, 6.07) is 23.5. The number of hydrogen-bond acceptors (Lipinski definition) is 5. The first-order chi connectivity index (χ1) is 19.1. The van der Waals surface area contributed by atoms with Crippen molar-refractivity contribution in [1.29, 1.82) is 0 Å². The molecule has 0 bridgehead atoms. The lowest BCUT2D eigenvalue weighted by atomic mass is 10.0. The number of likely N-dealkylation sites (N-methyl/N-ethyl adjacent to an activating group) is 1. The van der Waals surface area contributed by atoms with Crippen LogP contribution in [0, 0.1) is 6.92 Å². The van der Waals surface area contributed by atoms with E-state index in [1.54, 1.807) is 36.3 Å². The van der Waals surface area contributed by atoms with Gasteiger partial charge in [-0.3, -0.25) is 13.9 Å². The molecule has 214 valence electrons. The van der Waals surface area contributed by atoms with Crippen molar-refractivity contribution in [3.8, 4) is 5.75 Å². The Balaban J connectivity index is 1.84. The van der Waals surface area contributed by atoms with Crippen LogP contribution in [0.25, 0.3) is 0 Å². The fourth-order valence-electron chi connectivity index (χ4n) is 4.49. The zero-order chi connectivity index (χ0) is 29.1. The molecule has 1 atom stereocenters. The summed E-state index contributed by atoms with van der Waals surface area (Å²) in [5, 5.41) is 2.89. The van der Waals surface area contributed by atoms with Crippen molar-refractivity contribution in [2.45, 2.75) is 45.7 Å². The predicted molar refractivity (Wildman–Crippen MR) is 159 cm³/mol. The van der Waals surface area contributed by atoms with Crippen LogP contribution in [0.3, 0.4) is 0 Å². The topological polar surface area (TPSA) is 96.0 Å². The molecule has 0 aliphatic carbocycles. The molecule has 0 radical (unpaired) electrons. The van der Waals surface area contributed by atoms with E-state index in [1.807, 2.05) is 68.4 Å². The van der Waals surface area contributed by atoms with Gasteiger partial charge in [-0.25, -0.2) is 8.42 Å². The number of benzene rings is 3. The van der Waals surface area contributed by atoms with Crippen LogP contribution in [0.4, 0.5) is 5.69 Å². The summed E-state index contributed by atoms with van der Waals surface area (Å²) in [6.07, 6.45) is 1.88. The van der Waals surface area contributed by atoms with E-state index in [1.165, 1.54) is 4.31 Å². The monoisotopic (exact) mass is 565 g/mol. The molecule has 8 nitrogen and oxygen atoms in total. The number of nitrogens with zero attached hydrogens (tertiary/aromatic N) is 2. The number of nitrogens with one attached hydrogen (secondary N) is 1. The molecule has 3 aromatic carbocycles. The zero-order valence-electron chi connectivity index (χ0n) is 23.7. The molecule has 0 saturated carbocycles. The minimum Gasteiger partial charge on any atom is -0.497 e. The van der Waals surface area contributed by atoms with E-state index in [9.17, 15) is 18.0 Å². The van der Waals surface area contributed by atoms with Crippen LogP contribution < -0.4 is 14.4 Å². The largest absolute Gasteiger partial charge is 0.497 e. The van der Waals surface area contributed by atoms with Gasteiger partial charge in [0.15, 0.2) is 0 Å². The van der Waals surface area contributed by atoms with Gasteiger partial charge in [-0.15, -0.1) is 0 Å². The summed E-state index contributed by atoms with van der Waals surface area (Å²) in [4.78, 5) is 28.7. The number of amides is 2. The Labute approximate surface area is 238 Å². The van der Waals surface area contributed by atoms with Gasteiger partial charge >= 0.3 is 0 Å². The number of anilines is 1. The molecule has 2 amide bonds. The van der Waals surface area contributed by atoms with E-state index in [0.717, 1.165) is 22.9 Å². The fraction of sp³-hybridized carbons (Fsp3) is 0.355. The lowest BCUT2D eigenvalue weighted by Gasteiger charge is -2.32. The van der Waals surface area contributed by atoms with Crippen molar-refractivity contribution in [3.63, 3.8) is 0 Å². The molecule has 1 N–H and O–H groups in total. The Morgan fingerprint density at radius 2 is 1.57 bits per heavy atom. The lowest BCUT2D eigenvalue weighted by Crippen LogP contribution is -2.50.